The molecule has 1 aromatic heterocycles. The van der Waals surface area contributed by atoms with Gasteiger partial charge in [0.25, 0.3) is 5.91 Å². The summed E-state index contributed by atoms with van der Waals surface area (Å²) in [5.41, 5.74) is -1.47. The molecule has 0 radical (unpaired) electrons. The van der Waals surface area contributed by atoms with Crippen LogP contribution in [0.4, 0.5) is 4.79 Å². The minimum Gasteiger partial charge on any atom is -0.472 e. The first-order valence-electron chi connectivity index (χ1n) is 16.8. The fraction of sp³-hybridized carbons (Fsp3) is 0.559. The summed E-state index contributed by atoms with van der Waals surface area (Å²) >= 11 is 0. The Morgan fingerprint density at radius 3 is 2.65 bits per heavy atom. The average molecular weight is 682 g/mol. The van der Waals surface area contributed by atoms with Crippen LogP contribution in [0.5, 0.6) is 5.88 Å². The van der Waals surface area contributed by atoms with E-state index in [-0.39, 0.29) is 19.4 Å². The lowest BCUT2D eigenvalue weighted by atomic mass is 10.0. The lowest BCUT2D eigenvalue weighted by Crippen LogP contribution is -2.58. The average Bonchev–Trinajstić information content (AvgIpc) is 3.96. The molecule has 3 heterocycles. The van der Waals surface area contributed by atoms with Gasteiger partial charge in [-0.25, -0.2) is 18.2 Å². The third-order valence-corrected chi connectivity index (χ3v) is 11.2. The molecule has 48 heavy (non-hydrogen) atoms. The standard InChI is InChI=1S/C34H43N5O8S/c1-21(2)46-33(43)36-27-13-7-5-3-4-6-11-23-19-34(23,32(42)38-48(44,45)25-14-15-25)37-29(40)28-18-24(20-39(28)31(27)41)47-30-26-12-9-8-10-22(26)16-17-35-30/h6,8-12,16-17,21,23-25,27-28H,3-5,7,13-15,18-20H2,1-2H3,(H,36,43)(H,37,40)(H,38,42)/b11-6-. The summed E-state index contributed by atoms with van der Waals surface area (Å²) in [5.74, 6) is -1.89. The molecule has 4 aliphatic rings. The van der Waals surface area contributed by atoms with Crippen molar-refractivity contribution < 1.29 is 37.1 Å². The molecule has 258 valence electrons. The van der Waals surface area contributed by atoms with Crippen molar-refractivity contribution >= 4 is 44.6 Å². The summed E-state index contributed by atoms with van der Waals surface area (Å²) in [7, 11) is -3.86. The number of nitrogens with one attached hydrogen (secondary N) is 3. The lowest BCUT2D eigenvalue weighted by Gasteiger charge is -2.29. The molecule has 4 amide bonds. The Balaban J connectivity index is 1.30. The van der Waals surface area contributed by atoms with Gasteiger partial charge in [0.05, 0.1) is 17.9 Å². The second kappa shape index (κ2) is 13.7. The maximum atomic E-state index is 14.3. The lowest BCUT2D eigenvalue weighted by molar-refractivity contribution is -0.141. The van der Waals surface area contributed by atoms with Crippen LogP contribution in [-0.4, -0.2) is 83.7 Å². The topological polar surface area (TPSA) is 173 Å². The molecule has 2 aromatic rings. The number of hydrogen-bond acceptors (Lipinski definition) is 9. The Morgan fingerprint density at radius 1 is 1.08 bits per heavy atom. The van der Waals surface area contributed by atoms with Gasteiger partial charge in [-0.15, -0.1) is 0 Å². The zero-order valence-corrected chi connectivity index (χ0v) is 28.0. The molecule has 6 rings (SSSR count). The van der Waals surface area contributed by atoms with Crippen LogP contribution in [0.3, 0.4) is 0 Å². The molecule has 2 aliphatic carbocycles. The van der Waals surface area contributed by atoms with Crippen LogP contribution < -0.4 is 20.1 Å². The van der Waals surface area contributed by atoms with Crippen LogP contribution in [0.2, 0.25) is 0 Å². The molecule has 1 saturated heterocycles. The SMILES string of the molecule is CC(C)OC(=O)NC1CCCCC/C=C\C2CC2(C(=O)NS(=O)(=O)C2CC2)NC(=O)C2CC(Oc3nccc4ccccc34)CN2C1=O. The van der Waals surface area contributed by atoms with Crippen molar-refractivity contribution in [1.82, 2.24) is 25.2 Å². The van der Waals surface area contributed by atoms with Gasteiger partial charge in [-0.3, -0.25) is 19.1 Å². The normalized spacial score (nSPS) is 28.7. The van der Waals surface area contributed by atoms with Gasteiger partial charge >= 0.3 is 6.09 Å². The van der Waals surface area contributed by atoms with Gasteiger partial charge in [-0.1, -0.05) is 43.2 Å². The molecule has 2 saturated carbocycles. The molecular weight excluding hydrogens is 638 g/mol. The Kier molecular flexibility index (Phi) is 9.64. The molecule has 3 N–H and O–H groups in total. The summed E-state index contributed by atoms with van der Waals surface area (Å²) < 4.78 is 39.3. The Morgan fingerprint density at radius 2 is 1.88 bits per heavy atom. The molecule has 0 spiro atoms. The predicted molar refractivity (Wildman–Crippen MR) is 176 cm³/mol. The van der Waals surface area contributed by atoms with E-state index in [0.29, 0.717) is 38.0 Å². The third kappa shape index (κ3) is 7.43. The van der Waals surface area contributed by atoms with Crippen molar-refractivity contribution in [1.29, 1.82) is 0 Å². The Hall–Kier alpha value is -4.20. The van der Waals surface area contributed by atoms with Crippen molar-refractivity contribution in [3.8, 4) is 5.88 Å². The minimum absolute atomic E-state index is 0.0256. The maximum Gasteiger partial charge on any atom is 0.408 e. The number of aromatic nitrogens is 1. The van der Waals surface area contributed by atoms with Crippen LogP contribution in [0.25, 0.3) is 10.8 Å². The number of carbonyl (C=O) groups is 4. The van der Waals surface area contributed by atoms with Crippen molar-refractivity contribution in [2.45, 2.75) is 107 Å². The van der Waals surface area contributed by atoms with E-state index < -0.39 is 74.8 Å². The zero-order chi connectivity index (χ0) is 34.1. The van der Waals surface area contributed by atoms with Gasteiger partial charge in [-0.2, -0.15) is 0 Å². The van der Waals surface area contributed by atoms with Crippen LogP contribution in [0.15, 0.2) is 48.7 Å². The van der Waals surface area contributed by atoms with Crippen molar-refractivity contribution in [2.75, 3.05) is 6.54 Å². The molecule has 14 heteroatoms. The number of pyridine rings is 1. The number of fused-ring (bicyclic) bond motifs is 3. The highest BCUT2D eigenvalue weighted by atomic mass is 32.2. The number of carbonyl (C=O) groups excluding carboxylic acids is 4. The number of allylic oxidation sites excluding steroid dienone is 1. The van der Waals surface area contributed by atoms with Crippen LogP contribution >= 0.6 is 0 Å². The van der Waals surface area contributed by atoms with Crippen molar-refractivity contribution in [3.05, 3.63) is 48.7 Å². The maximum absolute atomic E-state index is 14.3. The summed E-state index contributed by atoms with van der Waals surface area (Å²) in [6.07, 6.45) is 8.24. The Bertz CT molecular complexity index is 1700. The fourth-order valence-electron chi connectivity index (χ4n) is 6.58. The van der Waals surface area contributed by atoms with Gasteiger partial charge in [0.1, 0.15) is 23.7 Å². The molecule has 5 atom stereocenters. The fourth-order valence-corrected chi connectivity index (χ4v) is 7.95. The number of alkyl carbamates (subject to hydrolysis) is 1. The van der Waals surface area contributed by atoms with E-state index in [0.717, 1.165) is 23.6 Å². The van der Waals surface area contributed by atoms with Crippen LogP contribution in [0, 0.1) is 5.92 Å². The number of ether oxygens (including phenoxy) is 2. The summed E-state index contributed by atoms with van der Waals surface area (Å²) in [6, 6.07) is 7.41. The highest BCUT2D eigenvalue weighted by Gasteiger charge is 2.62. The summed E-state index contributed by atoms with van der Waals surface area (Å²) in [5, 5.41) is 6.65. The summed E-state index contributed by atoms with van der Waals surface area (Å²) in [4.78, 5) is 60.5. The van der Waals surface area contributed by atoms with Gasteiger partial charge in [0.2, 0.25) is 27.7 Å². The van der Waals surface area contributed by atoms with Gasteiger partial charge in [0, 0.05) is 23.9 Å². The second-order valence-electron chi connectivity index (χ2n) is 13.5. The molecule has 3 fully saturated rings. The highest BCUT2D eigenvalue weighted by molar-refractivity contribution is 7.91. The largest absolute Gasteiger partial charge is 0.472 e. The quantitative estimate of drug-likeness (QED) is 0.371. The highest BCUT2D eigenvalue weighted by Crippen LogP contribution is 2.46. The first kappa shape index (κ1) is 33.7. The van der Waals surface area contributed by atoms with Gasteiger partial charge < -0.3 is 25.0 Å². The van der Waals surface area contributed by atoms with Gasteiger partial charge in [-0.05, 0) is 69.9 Å². The van der Waals surface area contributed by atoms with E-state index >= 15 is 0 Å². The number of sulfonamides is 1. The van der Waals surface area contributed by atoms with E-state index in [1.807, 2.05) is 42.5 Å². The smallest absolute Gasteiger partial charge is 0.408 e. The first-order chi connectivity index (χ1) is 23.0. The van der Waals surface area contributed by atoms with E-state index in [2.05, 4.69) is 20.3 Å². The number of rotatable bonds is 7. The molecule has 5 unspecified atom stereocenters. The number of hydrogen-bond donors (Lipinski definition) is 3. The monoisotopic (exact) mass is 681 g/mol. The molecule has 2 aliphatic heterocycles. The van der Waals surface area contributed by atoms with Crippen LogP contribution in [-0.2, 0) is 29.1 Å². The third-order valence-electron chi connectivity index (χ3n) is 9.39. The number of nitrogens with zero attached hydrogens (tertiary/aromatic N) is 2. The minimum atomic E-state index is -3.86. The molecule has 0 bridgehead atoms. The predicted octanol–water partition coefficient (Wildman–Crippen LogP) is 3.09. The molecule has 1 aromatic carbocycles. The van der Waals surface area contributed by atoms with E-state index in [1.165, 1.54) is 4.90 Å². The Labute approximate surface area is 280 Å². The summed E-state index contributed by atoms with van der Waals surface area (Å²) in [6.45, 7) is 3.45. The van der Waals surface area contributed by atoms with Gasteiger partial charge in [0.15, 0.2) is 0 Å². The van der Waals surface area contributed by atoms with Crippen molar-refractivity contribution in [3.63, 3.8) is 0 Å². The number of benzene rings is 1. The number of amides is 4. The van der Waals surface area contributed by atoms with E-state index in [9.17, 15) is 27.6 Å². The first-order valence-corrected chi connectivity index (χ1v) is 18.3. The second-order valence-corrected chi connectivity index (χ2v) is 15.4. The van der Waals surface area contributed by atoms with Crippen molar-refractivity contribution in [2.24, 2.45) is 5.92 Å². The zero-order valence-electron chi connectivity index (χ0n) is 27.2. The van der Waals surface area contributed by atoms with E-state index in [4.69, 9.17) is 9.47 Å². The molecule has 13 nitrogen and oxygen atoms in total. The molecular formula is C34H43N5O8S. The van der Waals surface area contributed by atoms with E-state index in [1.54, 1.807) is 20.0 Å². The van der Waals surface area contributed by atoms with Crippen LogP contribution in [0.1, 0.15) is 71.6 Å².